The summed E-state index contributed by atoms with van der Waals surface area (Å²) < 4.78 is 0. The second kappa shape index (κ2) is 7.92. The van der Waals surface area contributed by atoms with Gasteiger partial charge < -0.3 is 10.2 Å². The van der Waals surface area contributed by atoms with Gasteiger partial charge in [0.05, 0.1) is 0 Å². The Labute approximate surface area is 109 Å². The highest BCUT2D eigenvalue weighted by Crippen LogP contribution is 2.08. The van der Waals surface area contributed by atoms with E-state index in [1.54, 1.807) is 0 Å². The van der Waals surface area contributed by atoms with Gasteiger partial charge in [0.1, 0.15) is 6.04 Å². The number of carbonyl (C=O) groups is 1. The molecule has 1 fully saturated rings. The lowest BCUT2D eigenvalue weighted by Gasteiger charge is -2.22. The first kappa shape index (κ1) is 14.8. The summed E-state index contributed by atoms with van der Waals surface area (Å²) >= 11 is 0. The van der Waals surface area contributed by atoms with E-state index < -0.39 is 0 Å². The van der Waals surface area contributed by atoms with Gasteiger partial charge in [-0.15, -0.1) is 0 Å². The standard InChI is InChI=1S/C12H25N5O/c1-3-4-7-14-12(16-13)15-10(2)11(18)17-8-5-6-9-17/h10H,3-9,13H2,1-2H3,(H2,14,15,16). The first-order chi connectivity index (χ1) is 8.69. The van der Waals surface area contributed by atoms with Crippen LogP contribution < -0.4 is 16.6 Å². The van der Waals surface area contributed by atoms with E-state index in [9.17, 15) is 4.79 Å². The molecule has 104 valence electrons. The first-order valence-electron chi connectivity index (χ1n) is 6.75. The Bertz CT molecular complexity index is 286. The molecule has 0 aromatic carbocycles. The summed E-state index contributed by atoms with van der Waals surface area (Å²) in [6.07, 6.45) is 4.31. The van der Waals surface area contributed by atoms with Crippen molar-refractivity contribution in [2.45, 2.75) is 45.6 Å². The van der Waals surface area contributed by atoms with Gasteiger partial charge >= 0.3 is 0 Å². The van der Waals surface area contributed by atoms with Crippen LogP contribution in [0.25, 0.3) is 0 Å². The molecule has 1 rings (SSSR count). The molecule has 4 N–H and O–H groups in total. The lowest BCUT2D eigenvalue weighted by atomic mass is 10.3. The molecule has 0 radical (unpaired) electrons. The van der Waals surface area contributed by atoms with E-state index >= 15 is 0 Å². The van der Waals surface area contributed by atoms with Crippen molar-refractivity contribution in [1.82, 2.24) is 15.6 Å². The van der Waals surface area contributed by atoms with Crippen molar-refractivity contribution in [3.8, 4) is 0 Å². The third-order valence-electron chi connectivity index (χ3n) is 3.06. The summed E-state index contributed by atoms with van der Waals surface area (Å²) in [6, 6.07) is -0.292. The van der Waals surface area contributed by atoms with E-state index in [1.807, 2.05) is 11.8 Å². The number of nitrogens with zero attached hydrogens (tertiary/aromatic N) is 2. The van der Waals surface area contributed by atoms with Gasteiger partial charge in [0.2, 0.25) is 11.9 Å². The molecule has 0 spiro atoms. The van der Waals surface area contributed by atoms with Gasteiger partial charge in [-0.25, -0.2) is 5.84 Å². The van der Waals surface area contributed by atoms with Gasteiger partial charge in [0.25, 0.3) is 0 Å². The monoisotopic (exact) mass is 255 g/mol. The zero-order chi connectivity index (χ0) is 13.4. The summed E-state index contributed by atoms with van der Waals surface area (Å²) in [5.41, 5.74) is 2.51. The molecule has 6 heteroatoms. The zero-order valence-corrected chi connectivity index (χ0v) is 11.4. The summed E-state index contributed by atoms with van der Waals surface area (Å²) in [5, 5.41) is 3.02. The summed E-state index contributed by atoms with van der Waals surface area (Å²) in [6.45, 7) is 6.39. The third-order valence-corrected chi connectivity index (χ3v) is 3.06. The maximum absolute atomic E-state index is 12.1. The van der Waals surface area contributed by atoms with Crippen molar-refractivity contribution < 1.29 is 4.79 Å². The number of unbranched alkanes of at least 4 members (excludes halogenated alkanes) is 1. The van der Waals surface area contributed by atoms with Crippen molar-refractivity contribution in [3.05, 3.63) is 0 Å². The summed E-state index contributed by atoms with van der Waals surface area (Å²) in [4.78, 5) is 18.2. The normalized spacial score (nSPS) is 17.7. The van der Waals surface area contributed by atoms with Crippen LogP contribution in [-0.4, -0.2) is 42.4 Å². The van der Waals surface area contributed by atoms with Crippen molar-refractivity contribution >= 4 is 11.9 Å². The van der Waals surface area contributed by atoms with Gasteiger partial charge in [0, 0.05) is 19.6 Å². The molecule has 1 saturated heterocycles. The molecule has 1 heterocycles. The largest absolute Gasteiger partial charge is 0.344 e. The molecule has 0 aromatic heterocycles. The number of rotatable bonds is 5. The quantitative estimate of drug-likeness (QED) is 0.215. The van der Waals surface area contributed by atoms with E-state index in [4.69, 9.17) is 5.84 Å². The van der Waals surface area contributed by atoms with Crippen molar-refractivity contribution in [2.75, 3.05) is 19.6 Å². The molecule has 1 aliphatic heterocycles. The third kappa shape index (κ3) is 4.52. The molecule has 0 saturated carbocycles. The maximum atomic E-state index is 12.1. The topological polar surface area (TPSA) is 82.7 Å². The van der Waals surface area contributed by atoms with Crippen LogP contribution in [0.3, 0.4) is 0 Å². The fourth-order valence-electron chi connectivity index (χ4n) is 1.96. The Morgan fingerprint density at radius 2 is 2.11 bits per heavy atom. The summed E-state index contributed by atoms with van der Waals surface area (Å²) in [5.74, 6) is 5.99. The van der Waals surface area contributed by atoms with Crippen LogP contribution in [0.15, 0.2) is 4.99 Å². The number of aliphatic imine (C=N–C) groups is 1. The van der Waals surface area contributed by atoms with Crippen molar-refractivity contribution in [1.29, 1.82) is 0 Å². The van der Waals surface area contributed by atoms with Gasteiger partial charge in [-0.3, -0.25) is 15.2 Å². The second-order valence-corrected chi connectivity index (χ2v) is 4.63. The van der Waals surface area contributed by atoms with Crippen LogP contribution in [0, 0.1) is 0 Å². The Morgan fingerprint density at radius 1 is 1.44 bits per heavy atom. The highest BCUT2D eigenvalue weighted by atomic mass is 16.2. The number of guanidine groups is 1. The number of hydrogen-bond acceptors (Lipinski definition) is 3. The number of carbonyl (C=O) groups excluding carboxylic acids is 1. The predicted octanol–water partition coefficient (Wildman–Crippen LogP) is 0.206. The van der Waals surface area contributed by atoms with Crippen LogP contribution in [-0.2, 0) is 4.79 Å². The molecule has 0 bridgehead atoms. The molecule has 1 atom stereocenters. The number of nitrogens with one attached hydrogen (secondary N) is 2. The molecular weight excluding hydrogens is 230 g/mol. The highest BCUT2D eigenvalue weighted by Gasteiger charge is 2.23. The van der Waals surface area contributed by atoms with E-state index in [0.717, 1.165) is 38.8 Å². The molecule has 18 heavy (non-hydrogen) atoms. The minimum atomic E-state index is -0.292. The molecule has 6 nitrogen and oxygen atoms in total. The first-order valence-corrected chi connectivity index (χ1v) is 6.75. The van der Waals surface area contributed by atoms with Gasteiger partial charge in [-0.05, 0) is 26.2 Å². The van der Waals surface area contributed by atoms with Crippen molar-refractivity contribution in [3.63, 3.8) is 0 Å². The van der Waals surface area contributed by atoms with Crippen molar-refractivity contribution in [2.24, 2.45) is 10.8 Å². The lowest BCUT2D eigenvalue weighted by molar-refractivity contribution is -0.131. The minimum Gasteiger partial charge on any atom is -0.344 e. The Hall–Kier alpha value is -1.30. The van der Waals surface area contributed by atoms with E-state index in [-0.39, 0.29) is 11.9 Å². The van der Waals surface area contributed by atoms with Crippen LogP contribution in [0.1, 0.15) is 39.5 Å². The molecule has 0 aliphatic carbocycles. The average molecular weight is 255 g/mol. The lowest BCUT2D eigenvalue weighted by Crippen LogP contribution is -2.51. The SMILES string of the molecule is CCCCN=C(NN)NC(C)C(=O)N1CCCC1. The van der Waals surface area contributed by atoms with Crippen LogP contribution in [0.2, 0.25) is 0 Å². The molecule has 0 aromatic rings. The minimum absolute atomic E-state index is 0.117. The molecular formula is C12H25N5O. The van der Waals surface area contributed by atoms with Gasteiger partial charge in [-0.1, -0.05) is 13.3 Å². The molecule has 1 unspecified atom stereocenters. The number of amides is 1. The fourth-order valence-corrected chi connectivity index (χ4v) is 1.96. The number of hydrazine groups is 1. The van der Waals surface area contributed by atoms with E-state index in [1.165, 1.54) is 0 Å². The number of likely N-dealkylation sites (tertiary alicyclic amines) is 1. The summed E-state index contributed by atoms with van der Waals surface area (Å²) in [7, 11) is 0. The van der Waals surface area contributed by atoms with Crippen LogP contribution in [0.5, 0.6) is 0 Å². The Morgan fingerprint density at radius 3 is 2.67 bits per heavy atom. The molecule has 1 amide bonds. The highest BCUT2D eigenvalue weighted by molar-refractivity contribution is 5.88. The van der Waals surface area contributed by atoms with E-state index in [0.29, 0.717) is 12.5 Å². The second-order valence-electron chi connectivity index (χ2n) is 4.63. The van der Waals surface area contributed by atoms with Crippen LogP contribution >= 0.6 is 0 Å². The maximum Gasteiger partial charge on any atom is 0.244 e. The number of nitrogens with two attached hydrogens (primary N) is 1. The smallest absolute Gasteiger partial charge is 0.244 e. The van der Waals surface area contributed by atoms with Crippen LogP contribution in [0.4, 0.5) is 0 Å². The Balaban J connectivity index is 2.42. The Kier molecular flexibility index (Phi) is 6.49. The average Bonchev–Trinajstić information content (AvgIpc) is 2.90. The fraction of sp³-hybridized carbons (Fsp3) is 0.833. The zero-order valence-electron chi connectivity index (χ0n) is 11.4. The number of hydrogen-bond donors (Lipinski definition) is 3. The van der Waals surface area contributed by atoms with E-state index in [2.05, 4.69) is 22.7 Å². The van der Waals surface area contributed by atoms with Gasteiger partial charge in [0.15, 0.2) is 0 Å². The van der Waals surface area contributed by atoms with Gasteiger partial charge in [-0.2, -0.15) is 0 Å². The predicted molar refractivity (Wildman–Crippen MR) is 72.9 cm³/mol. The molecule has 1 aliphatic rings.